The number of methoxy groups -OCH3 is 2. The fourth-order valence-electron chi connectivity index (χ4n) is 2.86. The highest BCUT2D eigenvalue weighted by atomic mass is 16.5. The number of carbonyl (C=O) groups is 2. The van der Waals surface area contributed by atoms with Crippen molar-refractivity contribution in [3.63, 3.8) is 0 Å². The number of hydrogen-bond donors (Lipinski definition) is 1. The van der Waals surface area contributed by atoms with Crippen molar-refractivity contribution in [1.29, 1.82) is 0 Å². The number of hydrogen-bond acceptors (Lipinski definition) is 5. The van der Waals surface area contributed by atoms with Gasteiger partial charge in [-0.3, -0.25) is 9.78 Å². The van der Waals surface area contributed by atoms with Crippen LogP contribution in [0.25, 0.3) is 10.9 Å². The first kappa shape index (κ1) is 18.4. The van der Waals surface area contributed by atoms with Gasteiger partial charge in [-0.05, 0) is 29.8 Å². The SMILES string of the molecule is COC(=O)[C@@H](Cc1ccc(OC)cc1)NC(=O)c1cccc2cccnc12. The first-order valence-corrected chi connectivity index (χ1v) is 8.47. The van der Waals surface area contributed by atoms with Gasteiger partial charge in [-0.15, -0.1) is 0 Å². The Morgan fingerprint density at radius 1 is 1.04 bits per heavy atom. The molecular weight excluding hydrogens is 344 g/mol. The first-order chi connectivity index (χ1) is 13.1. The Morgan fingerprint density at radius 3 is 2.48 bits per heavy atom. The van der Waals surface area contributed by atoms with E-state index in [-0.39, 0.29) is 5.91 Å². The number of nitrogens with one attached hydrogen (secondary N) is 1. The van der Waals surface area contributed by atoms with E-state index in [9.17, 15) is 9.59 Å². The highest BCUT2D eigenvalue weighted by molar-refractivity contribution is 6.06. The first-order valence-electron chi connectivity index (χ1n) is 8.47. The van der Waals surface area contributed by atoms with Crippen LogP contribution >= 0.6 is 0 Å². The molecule has 0 saturated carbocycles. The second kappa shape index (κ2) is 8.31. The van der Waals surface area contributed by atoms with Crippen LogP contribution in [0, 0.1) is 0 Å². The molecule has 6 heteroatoms. The third-order valence-corrected chi connectivity index (χ3v) is 4.27. The average molecular weight is 364 g/mol. The van der Waals surface area contributed by atoms with Gasteiger partial charge in [0, 0.05) is 18.0 Å². The van der Waals surface area contributed by atoms with E-state index < -0.39 is 12.0 Å². The smallest absolute Gasteiger partial charge is 0.328 e. The van der Waals surface area contributed by atoms with Crippen LogP contribution in [0.4, 0.5) is 0 Å². The minimum absolute atomic E-state index is 0.306. The zero-order valence-electron chi connectivity index (χ0n) is 15.1. The summed E-state index contributed by atoms with van der Waals surface area (Å²) < 4.78 is 10.00. The van der Waals surface area contributed by atoms with Gasteiger partial charge in [0.2, 0.25) is 0 Å². The number of para-hydroxylation sites is 1. The summed E-state index contributed by atoms with van der Waals surface area (Å²) in [6, 6.07) is 15.5. The number of carbonyl (C=O) groups excluding carboxylic acids is 2. The standard InChI is InChI=1S/C21H20N2O4/c1-26-16-10-8-14(9-11-16)13-18(21(25)27-2)23-20(24)17-7-3-5-15-6-4-12-22-19(15)17/h3-12,18H,13H2,1-2H3,(H,23,24)/t18-/m1/s1. The molecular formula is C21H20N2O4. The minimum Gasteiger partial charge on any atom is -0.497 e. The van der Waals surface area contributed by atoms with Gasteiger partial charge in [0.25, 0.3) is 5.91 Å². The van der Waals surface area contributed by atoms with Gasteiger partial charge in [-0.2, -0.15) is 0 Å². The Labute approximate surface area is 157 Å². The van der Waals surface area contributed by atoms with Gasteiger partial charge in [0.1, 0.15) is 11.8 Å². The van der Waals surface area contributed by atoms with Gasteiger partial charge in [-0.1, -0.05) is 30.3 Å². The summed E-state index contributed by atoms with van der Waals surface area (Å²) in [5, 5.41) is 3.62. The number of nitrogens with zero attached hydrogens (tertiary/aromatic N) is 1. The molecule has 0 aliphatic rings. The van der Waals surface area contributed by atoms with Crippen molar-refractivity contribution >= 4 is 22.8 Å². The number of aromatic nitrogens is 1. The lowest BCUT2D eigenvalue weighted by Crippen LogP contribution is -2.43. The number of fused-ring (bicyclic) bond motifs is 1. The summed E-state index contributed by atoms with van der Waals surface area (Å²) in [6.45, 7) is 0. The molecule has 0 saturated heterocycles. The lowest BCUT2D eigenvalue weighted by molar-refractivity contribution is -0.142. The summed E-state index contributed by atoms with van der Waals surface area (Å²) in [4.78, 5) is 29.3. The van der Waals surface area contributed by atoms with E-state index in [0.29, 0.717) is 17.5 Å². The van der Waals surface area contributed by atoms with E-state index in [0.717, 1.165) is 16.7 Å². The molecule has 0 spiro atoms. The van der Waals surface area contributed by atoms with Crippen LogP contribution in [0.5, 0.6) is 5.75 Å². The molecule has 1 N–H and O–H groups in total. The summed E-state index contributed by atoms with van der Waals surface area (Å²) in [5.74, 6) is -0.158. The van der Waals surface area contributed by atoms with Crippen molar-refractivity contribution in [3.8, 4) is 5.75 Å². The minimum atomic E-state index is -0.810. The molecule has 0 fully saturated rings. The lowest BCUT2D eigenvalue weighted by Gasteiger charge is -2.17. The second-order valence-corrected chi connectivity index (χ2v) is 5.98. The molecule has 0 aliphatic heterocycles. The van der Waals surface area contributed by atoms with E-state index in [1.54, 1.807) is 37.6 Å². The molecule has 3 rings (SSSR count). The molecule has 1 amide bonds. The highest BCUT2D eigenvalue weighted by Crippen LogP contribution is 2.17. The maximum Gasteiger partial charge on any atom is 0.328 e. The summed E-state index contributed by atoms with van der Waals surface area (Å²) >= 11 is 0. The largest absolute Gasteiger partial charge is 0.497 e. The Hall–Kier alpha value is -3.41. The summed E-state index contributed by atoms with van der Waals surface area (Å²) in [6.07, 6.45) is 1.94. The summed E-state index contributed by atoms with van der Waals surface area (Å²) in [5.41, 5.74) is 1.88. The molecule has 0 aliphatic carbocycles. The molecule has 2 aromatic carbocycles. The quantitative estimate of drug-likeness (QED) is 0.681. The zero-order valence-corrected chi connectivity index (χ0v) is 15.1. The van der Waals surface area contributed by atoms with Gasteiger partial charge in [0.15, 0.2) is 0 Å². The number of benzene rings is 2. The van der Waals surface area contributed by atoms with Gasteiger partial charge < -0.3 is 14.8 Å². The fraction of sp³-hybridized carbons (Fsp3) is 0.190. The predicted octanol–water partition coefficient (Wildman–Crippen LogP) is 2.76. The second-order valence-electron chi connectivity index (χ2n) is 5.98. The number of amides is 1. The van der Waals surface area contributed by atoms with Crippen LogP contribution in [-0.4, -0.2) is 37.1 Å². The number of ether oxygens (including phenoxy) is 2. The molecule has 0 radical (unpaired) electrons. The maximum atomic E-state index is 12.8. The van der Waals surface area contributed by atoms with E-state index in [1.807, 2.05) is 30.3 Å². The van der Waals surface area contributed by atoms with E-state index >= 15 is 0 Å². The zero-order chi connectivity index (χ0) is 19.2. The number of esters is 1. The van der Waals surface area contributed by atoms with E-state index in [2.05, 4.69) is 10.3 Å². The number of pyridine rings is 1. The molecule has 1 atom stereocenters. The van der Waals surface area contributed by atoms with Crippen LogP contribution in [0.2, 0.25) is 0 Å². The molecule has 138 valence electrons. The van der Waals surface area contributed by atoms with Gasteiger partial charge in [-0.25, -0.2) is 4.79 Å². The number of rotatable bonds is 6. The summed E-state index contributed by atoms with van der Waals surface area (Å²) in [7, 11) is 2.89. The van der Waals surface area contributed by atoms with Crippen LogP contribution in [0.1, 0.15) is 15.9 Å². The monoisotopic (exact) mass is 364 g/mol. The van der Waals surface area contributed by atoms with Crippen LogP contribution in [-0.2, 0) is 16.0 Å². The Balaban J connectivity index is 1.83. The van der Waals surface area contributed by atoms with Crippen molar-refractivity contribution in [1.82, 2.24) is 10.3 Å². The van der Waals surface area contributed by atoms with Crippen LogP contribution < -0.4 is 10.1 Å². The van der Waals surface area contributed by atoms with Gasteiger partial charge in [0.05, 0.1) is 25.3 Å². The molecule has 0 unspecified atom stereocenters. The molecule has 1 heterocycles. The van der Waals surface area contributed by atoms with Crippen molar-refractivity contribution in [2.45, 2.75) is 12.5 Å². The Morgan fingerprint density at radius 2 is 1.78 bits per heavy atom. The van der Waals surface area contributed by atoms with E-state index in [4.69, 9.17) is 9.47 Å². The topological polar surface area (TPSA) is 77.5 Å². The van der Waals surface area contributed by atoms with Crippen molar-refractivity contribution in [2.75, 3.05) is 14.2 Å². The molecule has 1 aromatic heterocycles. The third-order valence-electron chi connectivity index (χ3n) is 4.27. The van der Waals surface area contributed by atoms with Crippen molar-refractivity contribution in [2.24, 2.45) is 0 Å². The van der Waals surface area contributed by atoms with Crippen LogP contribution in [0.15, 0.2) is 60.8 Å². The maximum absolute atomic E-state index is 12.8. The molecule has 27 heavy (non-hydrogen) atoms. The Bertz CT molecular complexity index is 949. The Kier molecular flexibility index (Phi) is 5.66. The molecule has 0 bridgehead atoms. The predicted molar refractivity (Wildman–Crippen MR) is 102 cm³/mol. The van der Waals surface area contributed by atoms with Crippen molar-refractivity contribution < 1.29 is 19.1 Å². The van der Waals surface area contributed by atoms with Crippen LogP contribution in [0.3, 0.4) is 0 Å². The van der Waals surface area contributed by atoms with Gasteiger partial charge >= 0.3 is 5.97 Å². The third kappa shape index (κ3) is 4.23. The molecule has 6 nitrogen and oxygen atoms in total. The molecule has 3 aromatic rings. The normalized spacial score (nSPS) is 11.6. The lowest BCUT2D eigenvalue weighted by atomic mass is 10.0. The van der Waals surface area contributed by atoms with Crippen molar-refractivity contribution in [3.05, 3.63) is 71.9 Å². The van der Waals surface area contributed by atoms with E-state index in [1.165, 1.54) is 7.11 Å². The highest BCUT2D eigenvalue weighted by Gasteiger charge is 2.23. The fourth-order valence-corrected chi connectivity index (χ4v) is 2.86. The average Bonchev–Trinajstić information content (AvgIpc) is 2.72.